The molecular formula is C28H26F9N3O3. The zero-order valence-electron chi connectivity index (χ0n) is 22.7. The quantitative estimate of drug-likeness (QED) is 0.241. The first-order valence-electron chi connectivity index (χ1n) is 12.5. The van der Waals surface area contributed by atoms with Crippen LogP contribution in [0.4, 0.5) is 50.0 Å². The molecule has 1 heterocycles. The SMILES string of the molecule is CCc1cccc(C(C)C)c1NC(=O)N[C@@H](c1ccc(C(F)(F)F)cc1)c1ncccc1C(F)(F)F.O=C(O)C(F)(F)F. The molecule has 0 aliphatic heterocycles. The lowest BCUT2D eigenvalue weighted by Crippen LogP contribution is -2.35. The Morgan fingerprint density at radius 1 is 0.860 bits per heavy atom. The summed E-state index contributed by atoms with van der Waals surface area (Å²) in [7, 11) is 0. The molecule has 234 valence electrons. The Bertz CT molecular complexity index is 1400. The summed E-state index contributed by atoms with van der Waals surface area (Å²) in [6.07, 6.45) is -12.8. The van der Waals surface area contributed by atoms with Gasteiger partial charge in [-0.1, -0.05) is 51.1 Å². The second kappa shape index (κ2) is 13.8. The average Bonchev–Trinajstić information content (AvgIpc) is 2.90. The molecule has 43 heavy (non-hydrogen) atoms. The van der Waals surface area contributed by atoms with E-state index >= 15 is 0 Å². The van der Waals surface area contributed by atoms with E-state index in [1.165, 1.54) is 0 Å². The van der Waals surface area contributed by atoms with Crippen molar-refractivity contribution in [1.82, 2.24) is 10.3 Å². The summed E-state index contributed by atoms with van der Waals surface area (Å²) >= 11 is 0. The van der Waals surface area contributed by atoms with Crippen LogP contribution in [0.15, 0.2) is 60.8 Å². The van der Waals surface area contributed by atoms with Crippen LogP contribution in [0.3, 0.4) is 0 Å². The number of carboxylic acid groups (broad SMARTS) is 1. The fraction of sp³-hybridized carbons (Fsp3) is 0.321. The van der Waals surface area contributed by atoms with Crippen molar-refractivity contribution >= 4 is 17.7 Å². The highest BCUT2D eigenvalue weighted by molar-refractivity contribution is 5.91. The summed E-state index contributed by atoms with van der Waals surface area (Å²) in [5.41, 5.74) is -0.392. The number of urea groups is 1. The molecule has 15 heteroatoms. The second-order valence-corrected chi connectivity index (χ2v) is 9.28. The molecule has 0 spiro atoms. The van der Waals surface area contributed by atoms with Crippen molar-refractivity contribution in [2.75, 3.05) is 5.32 Å². The molecule has 0 aliphatic carbocycles. The van der Waals surface area contributed by atoms with Gasteiger partial charge in [-0.15, -0.1) is 0 Å². The van der Waals surface area contributed by atoms with Crippen LogP contribution in [-0.2, 0) is 23.6 Å². The van der Waals surface area contributed by atoms with Crippen LogP contribution in [-0.4, -0.2) is 28.3 Å². The number of aromatic nitrogens is 1. The Hall–Kier alpha value is -4.30. The molecule has 0 aliphatic rings. The molecule has 2 aromatic carbocycles. The smallest absolute Gasteiger partial charge is 0.475 e. The van der Waals surface area contributed by atoms with Gasteiger partial charge in [0.2, 0.25) is 0 Å². The van der Waals surface area contributed by atoms with Crippen LogP contribution >= 0.6 is 0 Å². The third-order valence-electron chi connectivity index (χ3n) is 5.93. The van der Waals surface area contributed by atoms with E-state index in [-0.39, 0.29) is 11.5 Å². The minimum atomic E-state index is -5.08. The first-order chi connectivity index (χ1) is 19.8. The van der Waals surface area contributed by atoms with E-state index in [9.17, 15) is 44.3 Å². The monoisotopic (exact) mass is 623 g/mol. The van der Waals surface area contributed by atoms with Gasteiger partial charge in [-0.2, -0.15) is 39.5 Å². The molecule has 1 aromatic heterocycles. The number of aryl methyl sites for hydroxylation is 1. The summed E-state index contributed by atoms with van der Waals surface area (Å²) in [5.74, 6) is -2.71. The highest BCUT2D eigenvalue weighted by Gasteiger charge is 2.39. The zero-order valence-corrected chi connectivity index (χ0v) is 22.7. The van der Waals surface area contributed by atoms with Crippen molar-refractivity contribution in [3.05, 3.63) is 94.3 Å². The second-order valence-electron chi connectivity index (χ2n) is 9.28. The number of halogens is 9. The van der Waals surface area contributed by atoms with E-state index in [2.05, 4.69) is 15.6 Å². The highest BCUT2D eigenvalue weighted by Crippen LogP contribution is 2.37. The molecule has 0 bridgehead atoms. The number of carboxylic acids is 1. The fourth-order valence-corrected chi connectivity index (χ4v) is 3.89. The van der Waals surface area contributed by atoms with Gasteiger partial charge in [0.25, 0.3) is 0 Å². The van der Waals surface area contributed by atoms with Gasteiger partial charge in [0.15, 0.2) is 0 Å². The number of pyridine rings is 1. The fourth-order valence-electron chi connectivity index (χ4n) is 3.89. The van der Waals surface area contributed by atoms with Gasteiger partial charge in [-0.3, -0.25) is 4.98 Å². The van der Waals surface area contributed by atoms with Crippen molar-refractivity contribution in [3.63, 3.8) is 0 Å². The lowest BCUT2D eigenvalue weighted by Gasteiger charge is -2.24. The van der Waals surface area contributed by atoms with E-state index in [1.807, 2.05) is 39.0 Å². The number of amides is 2. The average molecular weight is 624 g/mol. The molecule has 0 saturated carbocycles. The highest BCUT2D eigenvalue weighted by atomic mass is 19.4. The van der Waals surface area contributed by atoms with Crippen LogP contribution in [0.5, 0.6) is 0 Å². The predicted octanol–water partition coefficient (Wildman–Crippen LogP) is 8.35. The maximum atomic E-state index is 13.8. The number of nitrogens with one attached hydrogen (secondary N) is 2. The van der Waals surface area contributed by atoms with Crippen LogP contribution in [0, 0.1) is 0 Å². The molecule has 3 aromatic rings. The number of nitrogens with zero attached hydrogens (tertiary/aromatic N) is 1. The number of carbonyl (C=O) groups excluding carboxylic acids is 1. The summed E-state index contributed by atoms with van der Waals surface area (Å²) in [6.45, 7) is 5.77. The molecule has 0 saturated heterocycles. The molecular weight excluding hydrogens is 597 g/mol. The molecule has 0 fully saturated rings. The van der Waals surface area contributed by atoms with Gasteiger partial charge in [-0.25, -0.2) is 9.59 Å². The van der Waals surface area contributed by atoms with Gasteiger partial charge >= 0.3 is 30.5 Å². The van der Waals surface area contributed by atoms with Crippen molar-refractivity contribution in [2.24, 2.45) is 0 Å². The van der Waals surface area contributed by atoms with Gasteiger partial charge in [0.05, 0.1) is 22.9 Å². The maximum Gasteiger partial charge on any atom is 0.490 e. The Kier molecular flexibility index (Phi) is 11.2. The predicted molar refractivity (Wildman–Crippen MR) is 138 cm³/mol. The van der Waals surface area contributed by atoms with Crippen LogP contribution in [0.2, 0.25) is 0 Å². The molecule has 3 N–H and O–H groups in total. The van der Waals surface area contributed by atoms with Crippen LogP contribution < -0.4 is 10.6 Å². The third-order valence-corrected chi connectivity index (χ3v) is 5.93. The van der Waals surface area contributed by atoms with Gasteiger partial charge in [0.1, 0.15) is 0 Å². The first-order valence-corrected chi connectivity index (χ1v) is 12.5. The van der Waals surface area contributed by atoms with E-state index in [0.29, 0.717) is 12.1 Å². The topological polar surface area (TPSA) is 91.3 Å². The lowest BCUT2D eigenvalue weighted by atomic mass is 9.96. The number of para-hydroxylation sites is 1. The van der Waals surface area contributed by atoms with Crippen molar-refractivity contribution in [1.29, 1.82) is 0 Å². The normalized spacial score (nSPS) is 12.7. The Morgan fingerprint density at radius 2 is 1.44 bits per heavy atom. The number of anilines is 1. The van der Waals surface area contributed by atoms with E-state index in [4.69, 9.17) is 9.90 Å². The number of alkyl halides is 9. The van der Waals surface area contributed by atoms with Crippen molar-refractivity contribution in [3.8, 4) is 0 Å². The third kappa shape index (κ3) is 9.61. The number of benzene rings is 2. The standard InChI is InChI=1S/C26H25F6N3O.C2HF3O2/c1-4-16-7-5-8-19(15(2)3)21(16)34-24(36)35-22(17-10-12-18(13-11-17)25(27,28)29)23-20(26(30,31)32)9-6-14-33-23;3-2(4,5)1(6)7/h5-15,22H,4H2,1-3H3,(H2,34,35,36);(H,6,7)/t22-;/m0./s1. The van der Waals surface area contributed by atoms with Crippen molar-refractivity contribution in [2.45, 2.75) is 57.7 Å². The summed E-state index contributed by atoms with van der Waals surface area (Å²) < 4.78 is 112. The molecule has 0 radical (unpaired) electrons. The molecule has 0 unspecified atom stereocenters. The number of carbonyl (C=O) groups is 2. The van der Waals surface area contributed by atoms with Gasteiger partial charge in [0, 0.05) is 11.9 Å². The number of rotatable bonds is 6. The largest absolute Gasteiger partial charge is 0.490 e. The van der Waals surface area contributed by atoms with E-state index in [1.54, 1.807) is 0 Å². The Labute approximate surface area is 239 Å². The summed E-state index contributed by atoms with van der Waals surface area (Å²) in [5, 5.41) is 12.4. The number of hydrogen-bond donors (Lipinski definition) is 3. The van der Waals surface area contributed by atoms with E-state index in [0.717, 1.165) is 53.7 Å². The zero-order chi connectivity index (χ0) is 32.8. The molecule has 6 nitrogen and oxygen atoms in total. The van der Waals surface area contributed by atoms with Gasteiger partial charge < -0.3 is 15.7 Å². The Balaban J connectivity index is 0.000000821. The minimum Gasteiger partial charge on any atom is -0.475 e. The van der Waals surface area contributed by atoms with E-state index < -0.39 is 53.4 Å². The summed E-state index contributed by atoms with van der Waals surface area (Å²) in [4.78, 5) is 25.8. The molecule has 1 atom stereocenters. The van der Waals surface area contributed by atoms with Crippen molar-refractivity contribution < 1.29 is 54.2 Å². The maximum absolute atomic E-state index is 13.8. The van der Waals surface area contributed by atoms with Crippen LogP contribution in [0.1, 0.15) is 66.2 Å². The lowest BCUT2D eigenvalue weighted by molar-refractivity contribution is -0.192. The first kappa shape index (κ1) is 34.9. The minimum absolute atomic E-state index is 0.00945. The summed E-state index contributed by atoms with van der Waals surface area (Å²) in [6, 6.07) is 8.70. The number of aliphatic carboxylic acids is 1. The van der Waals surface area contributed by atoms with Gasteiger partial charge in [-0.05, 0) is 53.3 Å². The molecule has 2 amide bonds. The van der Waals surface area contributed by atoms with Crippen LogP contribution in [0.25, 0.3) is 0 Å². The Morgan fingerprint density at radius 3 is 1.91 bits per heavy atom. The number of hydrogen-bond acceptors (Lipinski definition) is 3. The molecule has 3 rings (SSSR count).